The van der Waals surface area contributed by atoms with Crippen LogP contribution in [0.2, 0.25) is 0 Å². The zero-order chi connectivity index (χ0) is 20.7. The molecule has 0 spiro atoms. The minimum absolute atomic E-state index is 0.225. The van der Waals surface area contributed by atoms with E-state index in [1.54, 1.807) is 7.11 Å². The number of hydrogen-bond donors (Lipinski definition) is 1. The molecule has 4 fully saturated rings. The number of methoxy groups -OCH3 is 1. The molecule has 0 heterocycles. The van der Waals surface area contributed by atoms with Crippen LogP contribution in [0.5, 0.6) is 5.75 Å². The Morgan fingerprint density at radius 1 is 0.933 bits per heavy atom. The molecule has 4 aliphatic rings. The largest absolute Gasteiger partial charge is 0.523 e. The molecule has 4 aliphatic carbocycles. The first-order valence-corrected chi connectivity index (χ1v) is 11.2. The quantitative estimate of drug-likeness (QED) is 0.312. The maximum absolute atomic E-state index is 10.2. The molecule has 2 aromatic carbocycles. The van der Waals surface area contributed by atoms with Crippen LogP contribution in [0.3, 0.4) is 0 Å². The first-order valence-electron chi connectivity index (χ1n) is 11.2. The van der Waals surface area contributed by atoms with E-state index in [0.29, 0.717) is 18.7 Å². The standard InChI is InChI=1S/C24H31BO5/c1-27-5-6-29-23-12-19-3-4-21(25(26)30-28-2)10-20(19)11-22(23)24-13-16-7-17(14-24)9-18(8-16)15-24/h3-4,10-12,16-18,26H,5-9,13-15H2,1-2H3. The first-order chi connectivity index (χ1) is 14.6. The first kappa shape index (κ1) is 20.3. The van der Waals surface area contributed by atoms with Crippen LogP contribution in [0.15, 0.2) is 30.3 Å². The van der Waals surface area contributed by atoms with Gasteiger partial charge in [-0.2, -0.15) is 0 Å². The lowest BCUT2D eigenvalue weighted by atomic mass is 9.48. The van der Waals surface area contributed by atoms with Gasteiger partial charge in [0.15, 0.2) is 0 Å². The van der Waals surface area contributed by atoms with Gasteiger partial charge < -0.3 is 14.5 Å². The molecule has 5 nitrogen and oxygen atoms in total. The van der Waals surface area contributed by atoms with Gasteiger partial charge in [-0.25, -0.2) is 0 Å². The van der Waals surface area contributed by atoms with Crippen LogP contribution in [-0.4, -0.2) is 39.6 Å². The van der Waals surface area contributed by atoms with Gasteiger partial charge in [-0.05, 0) is 90.1 Å². The molecule has 0 radical (unpaired) electrons. The molecule has 1 N–H and O–H groups in total. The van der Waals surface area contributed by atoms with Gasteiger partial charge in [0.25, 0.3) is 0 Å². The highest BCUT2D eigenvalue weighted by Crippen LogP contribution is 2.62. The second kappa shape index (κ2) is 8.15. The molecule has 0 aliphatic heterocycles. The molecular weight excluding hydrogens is 379 g/mol. The van der Waals surface area contributed by atoms with Crippen LogP contribution in [-0.2, 0) is 19.8 Å². The predicted molar refractivity (Wildman–Crippen MR) is 117 cm³/mol. The van der Waals surface area contributed by atoms with E-state index < -0.39 is 7.12 Å². The second-order valence-corrected chi connectivity index (χ2v) is 9.61. The number of rotatable bonds is 8. The molecule has 4 saturated carbocycles. The van der Waals surface area contributed by atoms with Gasteiger partial charge in [-0.1, -0.05) is 18.2 Å². The van der Waals surface area contributed by atoms with E-state index >= 15 is 0 Å². The summed E-state index contributed by atoms with van der Waals surface area (Å²) < 4.78 is 11.5. The van der Waals surface area contributed by atoms with E-state index in [1.807, 2.05) is 18.2 Å². The van der Waals surface area contributed by atoms with Crippen molar-refractivity contribution >= 4 is 23.4 Å². The van der Waals surface area contributed by atoms with Gasteiger partial charge in [0.2, 0.25) is 0 Å². The normalized spacial score (nSPS) is 29.5. The lowest BCUT2D eigenvalue weighted by molar-refractivity contribution is -0.193. The third kappa shape index (κ3) is 3.64. The van der Waals surface area contributed by atoms with Crippen LogP contribution in [0.25, 0.3) is 10.8 Å². The summed E-state index contributed by atoms with van der Waals surface area (Å²) in [5.41, 5.74) is 2.27. The third-order valence-corrected chi connectivity index (χ3v) is 7.59. The van der Waals surface area contributed by atoms with Gasteiger partial charge in [-0.15, -0.1) is 0 Å². The molecule has 2 aromatic rings. The topological polar surface area (TPSA) is 57.2 Å². The second-order valence-electron chi connectivity index (χ2n) is 9.61. The van der Waals surface area contributed by atoms with Crippen molar-refractivity contribution in [2.24, 2.45) is 17.8 Å². The summed E-state index contributed by atoms with van der Waals surface area (Å²) in [6, 6.07) is 10.4. The highest BCUT2D eigenvalue weighted by molar-refractivity contribution is 6.60. The predicted octanol–water partition coefficient (Wildman–Crippen LogP) is 3.60. The van der Waals surface area contributed by atoms with E-state index in [9.17, 15) is 5.02 Å². The van der Waals surface area contributed by atoms with E-state index in [4.69, 9.17) is 14.3 Å². The minimum atomic E-state index is -1.10. The van der Waals surface area contributed by atoms with Gasteiger partial charge >= 0.3 is 7.12 Å². The Labute approximate surface area is 178 Å². The summed E-state index contributed by atoms with van der Waals surface area (Å²) in [6.45, 7) is 1.14. The zero-order valence-electron chi connectivity index (χ0n) is 17.9. The fourth-order valence-corrected chi connectivity index (χ4v) is 6.80. The van der Waals surface area contributed by atoms with E-state index in [2.05, 4.69) is 17.0 Å². The van der Waals surface area contributed by atoms with Gasteiger partial charge in [0, 0.05) is 12.7 Å². The maximum Gasteiger partial charge on any atom is 0.523 e. The molecule has 0 unspecified atom stereocenters. The number of ether oxygens (including phenoxy) is 2. The Balaban J connectivity index is 1.57. The minimum Gasteiger partial charge on any atom is -0.491 e. The van der Waals surface area contributed by atoms with Crippen molar-refractivity contribution in [2.75, 3.05) is 27.4 Å². The lowest BCUT2D eigenvalue weighted by Crippen LogP contribution is -2.48. The molecule has 6 heteroatoms. The lowest BCUT2D eigenvalue weighted by Gasteiger charge is -2.57. The monoisotopic (exact) mass is 410 g/mol. The zero-order valence-corrected chi connectivity index (χ0v) is 17.9. The van der Waals surface area contributed by atoms with Crippen molar-refractivity contribution in [1.29, 1.82) is 0 Å². The molecule has 0 aromatic heterocycles. The molecule has 0 amide bonds. The SMILES string of the molecule is COCCOc1cc2ccc(B(O)OOC)cc2cc1C12CC3CC(CC(C3)C1)C2. The number of hydrogen-bond acceptors (Lipinski definition) is 5. The summed E-state index contributed by atoms with van der Waals surface area (Å²) >= 11 is 0. The molecule has 30 heavy (non-hydrogen) atoms. The fourth-order valence-electron chi connectivity index (χ4n) is 6.80. The van der Waals surface area contributed by atoms with Crippen molar-refractivity contribution in [3.05, 3.63) is 35.9 Å². The molecule has 0 saturated heterocycles. The highest BCUT2D eigenvalue weighted by Gasteiger charge is 2.52. The van der Waals surface area contributed by atoms with Crippen molar-refractivity contribution in [3.63, 3.8) is 0 Å². The van der Waals surface area contributed by atoms with Crippen LogP contribution in [0.4, 0.5) is 0 Å². The Hall–Kier alpha value is -1.60. The summed E-state index contributed by atoms with van der Waals surface area (Å²) in [5.74, 6) is 3.59. The summed E-state index contributed by atoms with van der Waals surface area (Å²) in [7, 11) is 2.01. The third-order valence-electron chi connectivity index (χ3n) is 7.59. The summed E-state index contributed by atoms with van der Waals surface area (Å²) in [6.07, 6.45) is 8.08. The maximum atomic E-state index is 10.2. The van der Waals surface area contributed by atoms with E-state index in [0.717, 1.165) is 34.3 Å². The van der Waals surface area contributed by atoms with Crippen molar-refractivity contribution in [1.82, 2.24) is 0 Å². The van der Waals surface area contributed by atoms with Gasteiger partial charge in [-0.3, -0.25) is 9.69 Å². The molecule has 0 atom stereocenters. The van der Waals surface area contributed by atoms with Gasteiger partial charge in [0.1, 0.15) is 12.4 Å². The van der Waals surface area contributed by atoms with Crippen molar-refractivity contribution < 1.29 is 24.2 Å². The van der Waals surface area contributed by atoms with Gasteiger partial charge in [0.05, 0.1) is 13.7 Å². The van der Waals surface area contributed by atoms with E-state index in [1.165, 1.54) is 51.2 Å². The average molecular weight is 410 g/mol. The Morgan fingerprint density at radius 2 is 1.63 bits per heavy atom. The van der Waals surface area contributed by atoms with Crippen LogP contribution in [0.1, 0.15) is 44.1 Å². The molecule has 160 valence electrons. The van der Waals surface area contributed by atoms with Crippen LogP contribution in [0, 0.1) is 17.8 Å². The van der Waals surface area contributed by atoms with Crippen LogP contribution < -0.4 is 10.2 Å². The molecular formula is C24H31BO5. The Kier molecular flexibility index (Phi) is 5.52. The fraction of sp³-hybridized carbons (Fsp3) is 0.583. The number of benzene rings is 2. The molecule has 6 rings (SSSR count). The van der Waals surface area contributed by atoms with Crippen molar-refractivity contribution in [2.45, 2.75) is 43.9 Å². The average Bonchev–Trinajstić information content (AvgIpc) is 2.72. The summed E-state index contributed by atoms with van der Waals surface area (Å²) in [5, 5.41) is 12.4. The van der Waals surface area contributed by atoms with E-state index in [-0.39, 0.29) is 5.41 Å². The Morgan fingerprint density at radius 3 is 2.27 bits per heavy atom. The smallest absolute Gasteiger partial charge is 0.491 e. The Bertz CT molecular complexity index is 879. The number of fused-ring (bicyclic) bond motifs is 1. The molecule has 4 bridgehead atoms. The van der Waals surface area contributed by atoms with Crippen LogP contribution >= 0.6 is 0 Å². The highest BCUT2D eigenvalue weighted by atomic mass is 17.2. The summed E-state index contributed by atoms with van der Waals surface area (Å²) in [4.78, 5) is 9.56. The van der Waals surface area contributed by atoms with Crippen molar-refractivity contribution in [3.8, 4) is 5.75 Å².